The van der Waals surface area contributed by atoms with Crippen molar-refractivity contribution in [1.29, 1.82) is 10.7 Å². The van der Waals surface area contributed by atoms with Crippen molar-refractivity contribution in [3.8, 4) is 6.07 Å². The molecule has 1 aromatic rings. The Morgan fingerprint density at radius 1 is 1.27 bits per heavy atom. The molecule has 0 aliphatic carbocycles. The van der Waals surface area contributed by atoms with Crippen LogP contribution in [0.1, 0.15) is 38.8 Å². The highest BCUT2D eigenvalue weighted by molar-refractivity contribution is 7.80. The number of nitrogens with zero attached hydrogens (tertiary/aromatic N) is 2. The van der Waals surface area contributed by atoms with Gasteiger partial charge in [0, 0.05) is 11.1 Å². The van der Waals surface area contributed by atoms with Gasteiger partial charge in [0.15, 0.2) is 0 Å². The van der Waals surface area contributed by atoms with Crippen LogP contribution in [0.25, 0.3) is 0 Å². The molecule has 1 N–H and O–H groups in total. The van der Waals surface area contributed by atoms with E-state index in [-0.39, 0.29) is 16.5 Å². The molecule has 0 aliphatic rings. The molecule has 0 aromatic heterocycles. The highest BCUT2D eigenvalue weighted by atomic mass is 32.1. The van der Waals surface area contributed by atoms with E-state index < -0.39 is 22.7 Å². The van der Waals surface area contributed by atoms with E-state index in [1.54, 1.807) is 27.7 Å². The van der Waals surface area contributed by atoms with E-state index >= 15 is 0 Å². The highest BCUT2D eigenvalue weighted by Gasteiger charge is 2.35. The SMILES string of the molecule is CC(=S)N(C(=N)C(C)(C)C)c1ccc(C#N)c(C(F)(F)F)c1. The van der Waals surface area contributed by atoms with E-state index in [4.69, 9.17) is 22.9 Å². The van der Waals surface area contributed by atoms with E-state index in [1.165, 1.54) is 17.0 Å². The zero-order valence-electron chi connectivity index (χ0n) is 12.7. The molecular weight excluding hydrogens is 311 g/mol. The monoisotopic (exact) mass is 327 g/mol. The first kappa shape index (κ1) is 18.1. The van der Waals surface area contributed by atoms with Crippen molar-refractivity contribution in [3.05, 3.63) is 29.3 Å². The van der Waals surface area contributed by atoms with Crippen LogP contribution in [0.15, 0.2) is 18.2 Å². The Bertz CT molecular complexity index is 651. The summed E-state index contributed by atoms with van der Waals surface area (Å²) in [6, 6.07) is 4.85. The molecule has 0 amide bonds. The Morgan fingerprint density at radius 3 is 2.18 bits per heavy atom. The molecule has 1 rings (SSSR count). The van der Waals surface area contributed by atoms with Crippen LogP contribution in [0.2, 0.25) is 0 Å². The fraction of sp³-hybridized carbons (Fsp3) is 0.400. The number of rotatable bonds is 1. The number of hydrogen-bond acceptors (Lipinski definition) is 3. The van der Waals surface area contributed by atoms with Gasteiger partial charge in [-0.15, -0.1) is 0 Å². The Hall–Kier alpha value is -1.94. The number of amidine groups is 1. The predicted octanol–water partition coefficient (Wildman–Crippen LogP) is 4.75. The number of nitrogens with one attached hydrogen (secondary N) is 1. The molecule has 0 aliphatic heterocycles. The number of nitriles is 1. The van der Waals surface area contributed by atoms with Crippen LogP contribution < -0.4 is 4.90 Å². The Kier molecular flexibility index (Phi) is 4.98. The molecule has 0 spiro atoms. The van der Waals surface area contributed by atoms with Gasteiger partial charge in [-0.3, -0.25) is 10.3 Å². The molecule has 0 saturated heterocycles. The molecule has 3 nitrogen and oxygen atoms in total. The molecule has 22 heavy (non-hydrogen) atoms. The summed E-state index contributed by atoms with van der Waals surface area (Å²) in [4.78, 5) is 1.55. The highest BCUT2D eigenvalue weighted by Crippen LogP contribution is 2.35. The summed E-state index contributed by atoms with van der Waals surface area (Å²) in [7, 11) is 0. The molecule has 0 fully saturated rings. The summed E-state index contributed by atoms with van der Waals surface area (Å²) in [5.41, 5.74) is -1.96. The lowest BCUT2D eigenvalue weighted by Crippen LogP contribution is -2.41. The van der Waals surface area contributed by atoms with Gasteiger partial charge in [0.25, 0.3) is 0 Å². The van der Waals surface area contributed by atoms with Gasteiger partial charge < -0.3 is 0 Å². The van der Waals surface area contributed by atoms with Crippen LogP contribution in [0.5, 0.6) is 0 Å². The summed E-state index contributed by atoms with van der Waals surface area (Å²) in [6.45, 7) is 6.86. The van der Waals surface area contributed by atoms with E-state index in [0.717, 1.165) is 12.1 Å². The quantitative estimate of drug-likeness (QED) is 0.460. The average Bonchev–Trinajstić information content (AvgIpc) is 2.36. The molecule has 0 unspecified atom stereocenters. The third kappa shape index (κ3) is 3.83. The maximum absolute atomic E-state index is 13.1. The van der Waals surface area contributed by atoms with Gasteiger partial charge in [-0.05, 0) is 25.1 Å². The summed E-state index contributed by atoms with van der Waals surface area (Å²) in [5, 5.41) is 17.0. The molecule has 0 radical (unpaired) electrons. The third-order valence-corrected chi connectivity index (χ3v) is 3.12. The molecule has 118 valence electrons. The molecule has 1 aromatic carbocycles. The summed E-state index contributed by atoms with van der Waals surface area (Å²) in [5.74, 6) is 0.0813. The van der Waals surface area contributed by atoms with Crippen molar-refractivity contribution in [2.24, 2.45) is 5.41 Å². The standard InChI is InChI=1S/C15H16F3N3S/c1-9(22)21(13(20)14(2,3)4)11-6-5-10(8-19)12(7-11)15(16,17)18/h5-7,20H,1-4H3. The van der Waals surface area contributed by atoms with Crippen molar-refractivity contribution in [1.82, 2.24) is 0 Å². The Balaban J connectivity index is 3.50. The third-order valence-electron chi connectivity index (χ3n) is 2.94. The second kappa shape index (κ2) is 6.05. The Labute approximate surface area is 132 Å². The lowest BCUT2D eigenvalue weighted by molar-refractivity contribution is -0.137. The van der Waals surface area contributed by atoms with Crippen molar-refractivity contribution < 1.29 is 13.2 Å². The van der Waals surface area contributed by atoms with E-state index in [2.05, 4.69) is 0 Å². The minimum Gasteiger partial charge on any atom is -0.293 e. The zero-order valence-corrected chi connectivity index (χ0v) is 13.5. The van der Waals surface area contributed by atoms with E-state index in [9.17, 15) is 13.2 Å². The topological polar surface area (TPSA) is 50.9 Å². The minimum absolute atomic E-state index is 0.0813. The predicted molar refractivity (Wildman–Crippen MR) is 84.1 cm³/mol. The Morgan fingerprint density at radius 2 is 1.82 bits per heavy atom. The first-order valence-corrected chi connectivity index (χ1v) is 6.81. The normalized spacial score (nSPS) is 11.7. The fourth-order valence-corrected chi connectivity index (χ4v) is 2.00. The van der Waals surface area contributed by atoms with Crippen molar-refractivity contribution in [2.75, 3.05) is 4.90 Å². The molecule has 0 heterocycles. The molecule has 7 heteroatoms. The minimum atomic E-state index is -4.65. The first-order chi connectivity index (χ1) is 9.89. The van der Waals surface area contributed by atoms with Crippen LogP contribution in [-0.4, -0.2) is 10.8 Å². The van der Waals surface area contributed by atoms with Crippen molar-refractivity contribution >= 4 is 28.7 Å². The lowest BCUT2D eigenvalue weighted by Gasteiger charge is -2.32. The van der Waals surface area contributed by atoms with Crippen LogP contribution >= 0.6 is 12.2 Å². The smallest absolute Gasteiger partial charge is 0.293 e. The number of hydrogen-bond donors (Lipinski definition) is 1. The number of anilines is 1. The average molecular weight is 327 g/mol. The van der Waals surface area contributed by atoms with Crippen LogP contribution in [0.3, 0.4) is 0 Å². The molecular formula is C15H16F3N3S. The first-order valence-electron chi connectivity index (χ1n) is 6.40. The molecule has 0 saturated carbocycles. The molecule has 0 atom stereocenters. The maximum atomic E-state index is 13.1. The van der Waals surface area contributed by atoms with Crippen molar-refractivity contribution in [2.45, 2.75) is 33.9 Å². The van der Waals surface area contributed by atoms with Gasteiger partial charge >= 0.3 is 6.18 Å². The van der Waals surface area contributed by atoms with E-state index in [0.29, 0.717) is 0 Å². The second-order valence-corrected chi connectivity index (χ2v) is 6.38. The van der Waals surface area contributed by atoms with Gasteiger partial charge in [0.2, 0.25) is 0 Å². The van der Waals surface area contributed by atoms with Crippen molar-refractivity contribution in [3.63, 3.8) is 0 Å². The van der Waals surface area contributed by atoms with Gasteiger partial charge in [0.1, 0.15) is 5.84 Å². The summed E-state index contributed by atoms with van der Waals surface area (Å²) < 4.78 is 39.2. The number of thiocarbonyl (C=S) groups is 1. The lowest BCUT2D eigenvalue weighted by atomic mass is 9.93. The maximum Gasteiger partial charge on any atom is 0.417 e. The number of benzene rings is 1. The molecule has 0 bridgehead atoms. The van der Waals surface area contributed by atoms with Gasteiger partial charge in [0.05, 0.1) is 22.2 Å². The van der Waals surface area contributed by atoms with Crippen LogP contribution in [-0.2, 0) is 6.18 Å². The number of halogens is 3. The van der Waals surface area contributed by atoms with E-state index in [1.807, 2.05) is 0 Å². The summed E-state index contributed by atoms with van der Waals surface area (Å²) >= 11 is 5.08. The second-order valence-electron chi connectivity index (χ2n) is 5.79. The van der Waals surface area contributed by atoms with Crippen LogP contribution in [0.4, 0.5) is 18.9 Å². The largest absolute Gasteiger partial charge is 0.417 e. The fourth-order valence-electron chi connectivity index (χ4n) is 1.81. The zero-order chi connectivity index (χ0) is 17.3. The van der Waals surface area contributed by atoms with Gasteiger partial charge in [-0.2, -0.15) is 18.4 Å². The van der Waals surface area contributed by atoms with Crippen LogP contribution in [0, 0.1) is 22.2 Å². The summed E-state index contributed by atoms with van der Waals surface area (Å²) in [6.07, 6.45) is -4.65. The van der Waals surface area contributed by atoms with Gasteiger partial charge in [-0.25, -0.2) is 0 Å². The number of alkyl halides is 3. The van der Waals surface area contributed by atoms with Gasteiger partial charge in [-0.1, -0.05) is 33.0 Å².